The molecule has 90 valence electrons. The molecule has 0 amide bonds. The van der Waals surface area contributed by atoms with Crippen molar-refractivity contribution in [3.63, 3.8) is 0 Å². The van der Waals surface area contributed by atoms with Crippen molar-refractivity contribution >= 4 is 11.9 Å². The molecule has 3 heteroatoms. The molecule has 16 heavy (non-hydrogen) atoms. The minimum atomic E-state index is 0.210. The van der Waals surface area contributed by atoms with Crippen LogP contribution in [0.15, 0.2) is 30.3 Å². The second-order valence-corrected chi connectivity index (χ2v) is 4.74. The van der Waals surface area contributed by atoms with Crippen LogP contribution in [-0.4, -0.2) is 22.8 Å². The van der Waals surface area contributed by atoms with E-state index in [4.69, 9.17) is 4.74 Å². The quantitative estimate of drug-likeness (QED) is 0.530. The lowest BCUT2D eigenvalue weighted by molar-refractivity contribution is 0.277. The molecule has 0 saturated heterocycles. The molecule has 1 aromatic carbocycles. The molecular formula is C13H21NOS. The van der Waals surface area contributed by atoms with Gasteiger partial charge in [-0.05, 0) is 30.5 Å². The van der Waals surface area contributed by atoms with Crippen molar-refractivity contribution in [2.45, 2.75) is 32.6 Å². The van der Waals surface area contributed by atoms with Gasteiger partial charge in [-0.1, -0.05) is 39.0 Å². The number of hydrogen-bond donors (Lipinski definition) is 0. The van der Waals surface area contributed by atoms with Crippen LogP contribution in [0.1, 0.15) is 27.2 Å². The third kappa shape index (κ3) is 4.45. The molecule has 0 aromatic heterocycles. The van der Waals surface area contributed by atoms with Crippen molar-refractivity contribution < 1.29 is 4.74 Å². The normalized spacial score (nSPS) is 12.8. The fraction of sp³-hybridized carbons (Fsp3) is 0.538. The molecule has 0 fully saturated rings. The van der Waals surface area contributed by atoms with Gasteiger partial charge < -0.3 is 4.74 Å². The van der Waals surface area contributed by atoms with Crippen LogP contribution < -0.4 is 4.74 Å². The summed E-state index contributed by atoms with van der Waals surface area (Å²) >= 11 is 1.80. The summed E-state index contributed by atoms with van der Waals surface area (Å²) in [5.74, 6) is 0.953. The monoisotopic (exact) mass is 239 g/mol. The van der Waals surface area contributed by atoms with Gasteiger partial charge in [0.2, 0.25) is 0 Å². The molecule has 0 aliphatic heterocycles. The van der Waals surface area contributed by atoms with E-state index in [1.54, 1.807) is 11.9 Å². The largest absolute Gasteiger partial charge is 0.479 e. The first-order chi connectivity index (χ1) is 7.80. The molecule has 0 bridgehead atoms. The van der Waals surface area contributed by atoms with Crippen molar-refractivity contribution in [1.82, 2.24) is 4.31 Å². The number of hydrogen-bond acceptors (Lipinski definition) is 3. The number of nitrogens with zero attached hydrogens (tertiary/aromatic N) is 1. The summed E-state index contributed by atoms with van der Waals surface area (Å²) in [6.07, 6.45) is 1.01. The van der Waals surface area contributed by atoms with E-state index in [0.717, 1.165) is 25.3 Å². The molecule has 1 aromatic rings. The molecule has 0 N–H and O–H groups in total. The Morgan fingerprint density at radius 3 is 2.25 bits per heavy atom. The molecule has 0 saturated carbocycles. The van der Waals surface area contributed by atoms with Gasteiger partial charge >= 0.3 is 0 Å². The van der Waals surface area contributed by atoms with Gasteiger partial charge in [0, 0.05) is 13.1 Å². The van der Waals surface area contributed by atoms with E-state index in [0.29, 0.717) is 0 Å². The first-order valence-electron chi connectivity index (χ1n) is 5.93. The SMILES string of the molecule is CCC(Oc1ccccc1)SN(CC)CC. The van der Waals surface area contributed by atoms with Gasteiger partial charge in [-0.3, -0.25) is 0 Å². The lowest BCUT2D eigenvalue weighted by Gasteiger charge is -2.24. The lowest BCUT2D eigenvalue weighted by Crippen LogP contribution is -2.22. The Labute approximate surface area is 103 Å². The van der Waals surface area contributed by atoms with Gasteiger partial charge in [0.1, 0.15) is 5.75 Å². The molecule has 2 nitrogen and oxygen atoms in total. The van der Waals surface area contributed by atoms with E-state index in [2.05, 4.69) is 25.1 Å². The Morgan fingerprint density at radius 2 is 1.75 bits per heavy atom. The zero-order valence-corrected chi connectivity index (χ0v) is 11.2. The van der Waals surface area contributed by atoms with Gasteiger partial charge in [0.25, 0.3) is 0 Å². The predicted molar refractivity (Wildman–Crippen MR) is 71.7 cm³/mol. The Bertz CT molecular complexity index is 275. The van der Waals surface area contributed by atoms with Crippen LogP contribution in [0, 0.1) is 0 Å². The molecule has 0 aliphatic carbocycles. The number of ether oxygens (including phenoxy) is 1. The third-order valence-corrected chi connectivity index (χ3v) is 3.80. The molecule has 1 atom stereocenters. The Balaban J connectivity index is 2.49. The zero-order valence-electron chi connectivity index (χ0n) is 10.3. The highest BCUT2D eigenvalue weighted by Gasteiger charge is 2.12. The second kappa shape index (κ2) is 7.58. The summed E-state index contributed by atoms with van der Waals surface area (Å²) in [5.41, 5.74) is 0.210. The highest BCUT2D eigenvalue weighted by Crippen LogP contribution is 2.23. The first-order valence-corrected chi connectivity index (χ1v) is 6.77. The van der Waals surface area contributed by atoms with Crippen molar-refractivity contribution in [2.24, 2.45) is 0 Å². The van der Waals surface area contributed by atoms with Gasteiger partial charge in [-0.2, -0.15) is 0 Å². The average Bonchev–Trinajstić information content (AvgIpc) is 2.35. The highest BCUT2D eigenvalue weighted by molar-refractivity contribution is 7.97. The predicted octanol–water partition coefficient (Wildman–Crippen LogP) is 3.79. The molecule has 1 rings (SSSR count). The van der Waals surface area contributed by atoms with Gasteiger partial charge in [-0.15, -0.1) is 0 Å². The molecule has 1 unspecified atom stereocenters. The van der Waals surface area contributed by atoms with Crippen LogP contribution in [0.5, 0.6) is 5.75 Å². The third-order valence-electron chi connectivity index (χ3n) is 2.32. The van der Waals surface area contributed by atoms with E-state index in [1.165, 1.54) is 0 Å². The summed E-state index contributed by atoms with van der Waals surface area (Å²) in [7, 11) is 0. The number of rotatable bonds is 7. The van der Waals surface area contributed by atoms with E-state index in [1.807, 2.05) is 30.3 Å². The van der Waals surface area contributed by atoms with Crippen LogP contribution in [0.25, 0.3) is 0 Å². The fourth-order valence-corrected chi connectivity index (χ4v) is 2.30. The molecule has 0 aliphatic rings. The highest BCUT2D eigenvalue weighted by atomic mass is 32.2. The smallest absolute Gasteiger partial charge is 0.158 e. The van der Waals surface area contributed by atoms with E-state index in [-0.39, 0.29) is 5.44 Å². The Kier molecular flexibility index (Phi) is 6.34. The standard InChI is InChI=1S/C13H21NOS/c1-4-13(16-14(5-2)6-3)15-12-10-8-7-9-11-12/h7-11,13H,4-6H2,1-3H3. The van der Waals surface area contributed by atoms with Crippen molar-refractivity contribution in [3.8, 4) is 5.75 Å². The van der Waals surface area contributed by atoms with Crippen LogP contribution in [0.3, 0.4) is 0 Å². The molecule has 0 heterocycles. The van der Waals surface area contributed by atoms with E-state index < -0.39 is 0 Å². The summed E-state index contributed by atoms with van der Waals surface area (Å²) in [5, 5.41) is 0. The summed E-state index contributed by atoms with van der Waals surface area (Å²) in [6.45, 7) is 8.60. The molecule has 0 radical (unpaired) electrons. The number of para-hydroxylation sites is 1. The maximum atomic E-state index is 5.92. The fourth-order valence-electron chi connectivity index (χ4n) is 1.37. The summed E-state index contributed by atoms with van der Waals surface area (Å²) in [4.78, 5) is 0. The summed E-state index contributed by atoms with van der Waals surface area (Å²) < 4.78 is 8.24. The van der Waals surface area contributed by atoms with Gasteiger partial charge in [-0.25, -0.2) is 4.31 Å². The number of benzene rings is 1. The minimum Gasteiger partial charge on any atom is -0.479 e. The van der Waals surface area contributed by atoms with Crippen LogP contribution in [0.2, 0.25) is 0 Å². The van der Waals surface area contributed by atoms with Crippen molar-refractivity contribution in [3.05, 3.63) is 30.3 Å². The maximum Gasteiger partial charge on any atom is 0.158 e. The maximum absolute atomic E-state index is 5.92. The molecular weight excluding hydrogens is 218 g/mol. The van der Waals surface area contributed by atoms with Crippen LogP contribution >= 0.6 is 11.9 Å². The van der Waals surface area contributed by atoms with Gasteiger partial charge in [0.15, 0.2) is 5.44 Å². The average molecular weight is 239 g/mol. The second-order valence-electron chi connectivity index (χ2n) is 3.49. The van der Waals surface area contributed by atoms with Crippen LogP contribution in [-0.2, 0) is 0 Å². The first kappa shape index (κ1) is 13.4. The molecule has 0 spiro atoms. The van der Waals surface area contributed by atoms with Crippen molar-refractivity contribution in [1.29, 1.82) is 0 Å². The topological polar surface area (TPSA) is 12.5 Å². The van der Waals surface area contributed by atoms with E-state index in [9.17, 15) is 0 Å². The minimum absolute atomic E-state index is 0.210. The van der Waals surface area contributed by atoms with Crippen LogP contribution in [0.4, 0.5) is 0 Å². The Morgan fingerprint density at radius 1 is 1.12 bits per heavy atom. The zero-order chi connectivity index (χ0) is 11.8. The van der Waals surface area contributed by atoms with Crippen molar-refractivity contribution in [2.75, 3.05) is 13.1 Å². The summed E-state index contributed by atoms with van der Waals surface area (Å²) in [6, 6.07) is 10.0. The van der Waals surface area contributed by atoms with E-state index >= 15 is 0 Å². The Hall–Kier alpha value is -0.670. The lowest BCUT2D eigenvalue weighted by atomic mass is 10.3. The van der Waals surface area contributed by atoms with Gasteiger partial charge in [0.05, 0.1) is 0 Å².